The fraction of sp³-hybridized carbons (Fsp3) is 0.500. The second-order valence-corrected chi connectivity index (χ2v) is 4.71. The maximum Gasteiger partial charge on any atom is 0.337 e. The van der Waals surface area contributed by atoms with Crippen LogP contribution in [0.2, 0.25) is 0 Å². The minimum absolute atomic E-state index is 0.418. The first-order chi connectivity index (χ1) is 8.20. The van der Waals surface area contributed by atoms with Crippen molar-refractivity contribution in [2.24, 2.45) is 0 Å². The van der Waals surface area contributed by atoms with Gasteiger partial charge in [-0.05, 0) is 31.9 Å². The van der Waals surface area contributed by atoms with E-state index in [1.54, 1.807) is 12.1 Å². The molecule has 1 aliphatic rings. The van der Waals surface area contributed by atoms with Gasteiger partial charge in [0.15, 0.2) is 0 Å². The van der Waals surface area contributed by atoms with Gasteiger partial charge in [0.05, 0.1) is 11.3 Å². The average molecular weight is 233 g/mol. The normalized spacial score (nSPS) is 21.0. The Morgan fingerprint density at radius 1 is 1.29 bits per heavy atom. The van der Waals surface area contributed by atoms with Crippen molar-refractivity contribution in [3.63, 3.8) is 0 Å². The first kappa shape index (κ1) is 12.0. The van der Waals surface area contributed by atoms with Crippen LogP contribution in [-0.4, -0.2) is 23.7 Å². The van der Waals surface area contributed by atoms with E-state index in [1.807, 2.05) is 12.1 Å². The van der Waals surface area contributed by atoms with Gasteiger partial charge in [0.2, 0.25) is 0 Å². The third kappa shape index (κ3) is 2.60. The first-order valence-corrected chi connectivity index (χ1v) is 6.29. The molecule has 0 bridgehead atoms. The van der Waals surface area contributed by atoms with Gasteiger partial charge in [-0.2, -0.15) is 0 Å². The molecule has 1 aromatic rings. The summed E-state index contributed by atoms with van der Waals surface area (Å²) in [7, 11) is 0. The quantitative estimate of drug-likeness (QED) is 0.853. The number of carboxylic acids is 1. The molecule has 1 fully saturated rings. The van der Waals surface area contributed by atoms with Crippen LogP contribution in [0.1, 0.15) is 43.0 Å². The van der Waals surface area contributed by atoms with Crippen LogP contribution in [0.25, 0.3) is 0 Å². The van der Waals surface area contributed by atoms with E-state index in [4.69, 9.17) is 0 Å². The molecular weight excluding hydrogens is 214 g/mol. The van der Waals surface area contributed by atoms with Crippen LogP contribution in [0, 0.1) is 0 Å². The minimum Gasteiger partial charge on any atom is -0.478 e. The third-order valence-corrected chi connectivity index (χ3v) is 3.50. The molecule has 0 radical (unpaired) electrons. The zero-order valence-corrected chi connectivity index (χ0v) is 10.2. The van der Waals surface area contributed by atoms with Gasteiger partial charge >= 0.3 is 5.97 Å². The number of carbonyl (C=O) groups is 1. The lowest BCUT2D eigenvalue weighted by Crippen LogP contribution is -2.33. The molecule has 2 rings (SSSR count). The second-order valence-electron chi connectivity index (χ2n) is 4.71. The Morgan fingerprint density at radius 2 is 2.06 bits per heavy atom. The summed E-state index contributed by atoms with van der Waals surface area (Å²) in [6, 6.07) is 7.74. The van der Waals surface area contributed by atoms with Crippen molar-refractivity contribution in [3.05, 3.63) is 29.8 Å². The molecule has 1 aromatic carbocycles. The summed E-state index contributed by atoms with van der Waals surface area (Å²) >= 11 is 0. The predicted molar refractivity (Wildman–Crippen MR) is 68.7 cm³/mol. The first-order valence-electron chi connectivity index (χ1n) is 6.29. The van der Waals surface area contributed by atoms with E-state index in [0.29, 0.717) is 11.6 Å². The highest BCUT2D eigenvalue weighted by atomic mass is 16.4. The molecule has 17 heavy (non-hydrogen) atoms. The Labute approximate surface area is 102 Å². The number of hydrogen-bond acceptors (Lipinski definition) is 2. The summed E-state index contributed by atoms with van der Waals surface area (Å²) in [5.41, 5.74) is 1.29. The number of carboxylic acid groups (broad SMARTS) is 1. The van der Waals surface area contributed by atoms with Crippen LogP contribution >= 0.6 is 0 Å². The number of benzene rings is 1. The molecule has 3 heteroatoms. The van der Waals surface area contributed by atoms with Gasteiger partial charge in [-0.3, -0.25) is 0 Å². The fourth-order valence-corrected chi connectivity index (χ4v) is 2.54. The zero-order chi connectivity index (χ0) is 12.3. The average Bonchev–Trinajstić information content (AvgIpc) is 2.54. The van der Waals surface area contributed by atoms with Gasteiger partial charge in [-0.15, -0.1) is 0 Å². The second kappa shape index (κ2) is 5.21. The van der Waals surface area contributed by atoms with Gasteiger partial charge in [0.1, 0.15) is 0 Å². The lowest BCUT2D eigenvalue weighted by atomic mass is 10.1. The molecule has 0 saturated carbocycles. The van der Waals surface area contributed by atoms with E-state index in [2.05, 4.69) is 11.8 Å². The van der Waals surface area contributed by atoms with Crippen LogP contribution < -0.4 is 4.90 Å². The maximum absolute atomic E-state index is 11.2. The van der Waals surface area contributed by atoms with Crippen molar-refractivity contribution >= 4 is 11.7 Å². The van der Waals surface area contributed by atoms with Gasteiger partial charge in [0, 0.05) is 12.6 Å². The van der Waals surface area contributed by atoms with Crippen LogP contribution in [0.15, 0.2) is 24.3 Å². The zero-order valence-electron chi connectivity index (χ0n) is 10.2. The van der Waals surface area contributed by atoms with Crippen molar-refractivity contribution < 1.29 is 9.90 Å². The standard InChI is InChI=1S/C14H19NO2/c1-11-7-3-2-6-10-15(11)13-9-5-4-8-12(13)14(16)17/h4-5,8-9,11H,2-3,6-7,10H2,1H3,(H,16,17). The Balaban J connectivity index is 2.34. The fourth-order valence-electron chi connectivity index (χ4n) is 2.54. The Morgan fingerprint density at radius 3 is 2.82 bits per heavy atom. The highest BCUT2D eigenvalue weighted by Gasteiger charge is 2.21. The SMILES string of the molecule is CC1CCCCCN1c1ccccc1C(=O)O. The summed E-state index contributed by atoms with van der Waals surface area (Å²) < 4.78 is 0. The lowest BCUT2D eigenvalue weighted by Gasteiger charge is -2.30. The Bertz CT molecular complexity index is 403. The number of anilines is 1. The van der Waals surface area contributed by atoms with Crippen LogP contribution in [-0.2, 0) is 0 Å². The molecule has 1 atom stereocenters. The van der Waals surface area contributed by atoms with E-state index in [-0.39, 0.29) is 0 Å². The van der Waals surface area contributed by atoms with Crippen LogP contribution in [0.5, 0.6) is 0 Å². The number of aromatic carboxylic acids is 1. The smallest absolute Gasteiger partial charge is 0.337 e. The molecule has 1 heterocycles. The van der Waals surface area contributed by atoms with E-state index in [1.165, 1.54) is 12.8 Å². The molecule has 0 aliphatic carbocycles. The number of para-hydroxylation sites is 1. The molecule has 0 spiro atoms. The molecule has 1 aliphatic heterocycles. The van der Waals surface area contributed by atoms with Gasteiger partial charge in [0.25, 0.3) is 0 Å². The molecule has 1 N–H and O–H groups in total. The predicted octanol–water partition coefficient (Wildman–Crippen LogP) is 3.15. The van der Waals surface area contributed by atoms with Gasteiger partial charge in [-0.1, -0.05) is 25.0 Å². The summed E-state index contributed by atoms with van der Waals surface area (Å²) in [5.74, 6) is -0.836. The van der Waals surface area contributed by atoms with E-state index in [9.17, 15) is 9.90 Å². The number of nitrogens with zero attached hydrogens (tertiary/aromatic N) is 1. The van der Waals surface area contributed by atoms with Crippen molar-refractivity contribution in [1.82, 2.24) is 0 Å². The Hall–Kier alpha value is -1.51. The molecule has 3 nitrogen and oxygen atoms in total. The summed E-state index contributed by atoms with van der Waals surface area (Å²) in [6.07, 6.45) is 4.79. The van der Waals surface area contributed by atoms with E-state index < -0.39 is 5.97 Å². The summed E-state index contributed by atoms with van der Waals surface area (Å²) in [6.45, 7) is 3.15. The Kier molecular flexibility index (Phi) is 3.67. The highest BCUT2D eigenvalue weighted by molar-refractivity contribution is 5.94. The number of hydrogen-bond donors (Lipinski definition) is 1. The van der Waals surface area contributed by atoms with Crippen molar-refractivity contribution in [1.29, 1.82) is 0 Å². The number of rotatable bonds is 2. The third-order valence-electron chi connectivity index (χ3n) is 3.50. The van der Waals surface area contributed by atoms with Crippen molar-refractivity contribution in [2.75, 3.05) is 11.4 Å². The highest BCUT2D eigenvalue weighted by Crippen LogP contribution is 2.27. The maximum atomic E-state index is 11.2. The lowest BCUT2D eigenvalue weighted by molar-refractivity contribution is 0.0697. The molecule has 92 valence electrons. The van der Waals surface area contributed by atoms with E-state index in [0.717, 1.165) is 25.1 Å². The van der Waals surface area contributed by atoms with Crippen LogP contribution in [0.4, 0.5) is 5.69 Å². The largest absolute Gasteiger partial charge is 0.478 e. The molecule has 0 amide bonds. The summed E-state index contributed by atoms with van der Waals surface area (Å²) in [4.78, 5) is 13.5. The topological polar surface area (TPSA) is 40.5 Å². The summed E-state index contributed by atoms with van der Waals surface area (Å²) in [5, 5.41) is 9.23. The van der Waals surface area contributed by atoms with Crippen molar-refractivity contribution in [3.8, 4) is 0 Å². The van der Waals surface area contributed by atoms with Crippen molar-refractivity contribution in [2.45, 2.75) is 38.6 Å². The molecule has 0 aromatic heterocycles. The van der Waals surface area contributed by atoms with E-state index >= 15 is 0 Å². The van der Waals surface area contributed by atoms with Gasteiger partial charge in [-0.25, -0.2) is 4.79 Å². The van der Waals surface area contributed by atoms with Crippen LogP contribution in [0.3, 0.4) is 0 Å². The molecular formula is C14H19NO2. The molecule has 1 saturated heterocycles. The minimum atomic E-state index is -0.836. The molecule has 1 unspecified atom stereocenters. The monoisotopic (exact) mass is 233 g/mol. The van der Waals surface area contributed by atoms with Gasteiger partial charge < -0.3 is 10.0 Å².